The minimum Gasteiger partial charge on any atom is -0.493 e. The van der Waals surface area contributed by atoms with Crippen LogP contribution in [-0.4, -0.2) is 87.5 Å². The molecule has 2 aromatic carbocycles. The number of para-hydroxylation sites is 1. The second-order valence-electron chi connectivity index (χ2n) is 12.4. The van der Waals surface area contributed by atoms with Crippen molar-refractivity contribution in [2.45, 2.75) is 25.8 Å². The molecule has 3 aromatic heterocycles. The Morgan fingerprint density at radius 2 is 1.79 bits per heavy atom. The van der Waals surface area contributed by atoms with Gasteiger partial charge < -0.3 is 24.6 Å². The number of pyridine rings is 1. The van der Waals surface area contributed by atoms with Gasteiger partial charge in [-0.25, -0.2) is 18.7 Å². The Labute approximate surface area is 282 Å². The van der Waals surface area contributed by atoms with E-state index in [4.69, 9.17) is 31.2 Å². The van der Waals surface area contributed by atoms with Gasteiger partial charge in [-0.1, -0.05) is 29.8 Å². The molecule has 0 unspecified atom stereocenters. The van der Waals surface area contributed by atoms with E-state index in [1.807, 2.05) is 24.3 Å². The van der Waals surface area contributed by atoms with Crippen molar-refractivity contribution in [1.29, 1.82) is 0 Å². The van der Waals surface area contributed by atoms with E-state index in [1.165, 1.54) is 12.1 Å². The SMILES string of the molecule is CN1CCN(CCCOc2cnc(-c3nn(Cc4c(F)cc(OCC5CC5)cc4F)c4ccccc34)nc2Nc2ccncc2Cl)CC1. The molecule has 2 aliphatic rings. The molecule has 13 heteroatoms. The smallest absolute Gasteiger partial charge is 0.183 e. The van der Waals surface area contributed by atoms with Crippen LogP contribution < -0.4 is 14.8 Å². The minimum absolute atomic E-state index is 0.107. The first-order valence-corrected chi connectivity index (χ1v) is 16.6. The highest BCUT2D eigenvalue weighted by molar-refractivity contribution is 6.33. The Balaban J connectivity index is 1.15. The van der Waals surface area contributed by atoms with E-state index in [1.54, 1.807) is 29.3 Å². The fraction of sp³-hybridized carbons (Fsp3) is 0.371. The number of piperazine rings is 1. The maximum Gasteiger partial charge on any atom is 0.183 e. The van der Waals surface area contributed by atoms with Crippen molar-refractivity contribution in [3.63, 3.8) is 0 Å². The van der Waals surface area contributed by atoms with Gasteiger partial charge >= 0.3 is 0 Å². The summed E-state index contributed by atoms with van der Waals surface area (Å²) in [5.74, 6) is 0.466. The maximum absolute atomic E-state index is 15.2. The molecule has 0 amide bonds. The predicted octanol–water partition coefficient (Wildman–Crippen LogP) is 6.42. The molecule has 1 N–H and O–H groups in total. The number of nitrogens with zero attached hydrogens (tertiary/aromatic N) is 7. The topological polar surface area (TPSA) is 93.5 Å². The molecule has 250 valence electrons. The lowest BCUT2D eigenvalue weighted by atomic mass is 10.1. The van der Waals surface area contributed by atoms with E-state index >= 15 is 8.78 Å². The Morgan fingerprint density at radius 1 is 1.00 bits per heavy atom. The lowest BCUT2D eigenvalue weighted by Gasteiger charge is -2.32. The summed E-state index contributed by atoms with van der Waals surface area (Å²) >= 11 is 6.43. The lowest BCUT2D eigenvalue weighted by molar-refractivity contribution is 0.145. The van der Waals surface area contributed by atoms with E-state index < -0.39 is 11.6 Å². The van der Waals surface area contributed by atoms with Crippen molar-refractivity contribution in [3.05, 3.63) is 83.3 Å². The highest BCUT2D eigenvalue weighted by Gasteiger charge is 2.24. The van der Waals surface area contributed by atoms with E-state index in [-0.39, 0.29) is 17.9 Å². The number of hydrogen-bond acceptors (Lipinski definition) is 9. The van der Waals surface area contributed by atoms with Crippen LogP contribution in [-0.2, 0) is 6.54 Å². The number of hydrogen-bond donors (Lipinski definition) is 1. The summed E-state index contributed by atoms with van der Waals surface area (Å²) in [5.41, 5.74) is 1.63. The molecule has 7 rings (SSSR count). The molecule has 5 aromatic rings. The van der Waals surface area contributed by atoms with Crippen molar-refractivity contribution >= 4 is 34.0 Å². The van der Waals surface area contributed by atoms with Gasteiger partial charge in [0.2, 0.25) is 0 Å². The quantitative estimate of drug-likeness (QED) is 0.142. The van der Waals surface area contributed by atoms with Crippen LogP contribution in [0.4, 0.5) is 20.3 Å². The van der Waals surface area contributed by atoms with Crippen molar-refractivity contribution in [2.24, 2.45) is 5.92 Å². The van der Waals surface area contributed by atoms with Crippen LogP contribution in [0.2, 0.25) is 5.02 Å². The molecule has 1 aliphatic carbocycles. The third-order valence-electron chi connectivity index (χ3n) is 8.73. The fourth-order valence-corrected chi connectivity index (χ4v) is 5.87. The average Bonchev–Trinajstić information content (AvgIpc) is 3.86. The van der Waals surface area contributed by atoms with Crippen molar-refractivity contribution in [1.82, 2.24) is 34.5 Å². The average molecular weight is 675 g/mol. The number of anilines is 2. The molecule has 0 atom stereocenters. The second-order valence-corrected chi connectivity index (χ2v) is 12.8. The molecular formula is C35H37ClF2N8O2. The van der Waals surface area contributed by atoms with Crippen LogP contribution in [0.15, 0.2) is 61.1 Å². The third-order valence-corrected chi connectivity index (χ3v) is 9.03. The Morgan fingerprint density at radius 3 is 2.56 bits per heavy atom. The van der Waals surface area contributed by atoms with E-state index in [9.17, 15) is 0 Å². The number of halogens is 3. The minimum atomic E-state index is -0.687. The van der Waals surface area contributed by atoms with Gasteiger partial charge in [-0.2, -0.15) is 5.10 Å². The van der Waals surface area contributed by atoms with Crippen molar-refractivity contribution in [3.8, 4) is 23.0 Å². The Kier molecular flexibility index (Phi) is 9.64. The molecule has 1 aliphatic heterocycles. The van der Waals surface area contributed by atoms with E-state index in [2.05, 4.69) is 32.1 Å². The Bertz CT molecular complexity index is 1870. The van der Waals surface area contributed by atoms with Crippen molar-refractivity contribution < 1.29 is 18.3 Å². The highest BCUT2D eigenvalue weighted by Crippen LogP contribution is 2.34. The van der Waals surface area contributed by atoms with Crippen LogP contribution in [0, 0.1) is 17.6 Å². The molecule has 1 saturated carbocycles. The van der Waals surface area contributed by atoms with Crippen LogP contribution in [0.1, 0.15) is 24.8 Å². The molecule has 0 spiro atoms. The Hall–Kier alpha value is -4.39. The summed E-state index contributed by atoms with van der Waals surface area (Å²) in [5, 5.41) is 9.19. The zero-order valence-corrected chi connectivity index (χ0v) is 27.5. The summed E-state index contributed by atoms with van der Waals surface area (Å²) in [6, 6.07) is 11.7. The largest absolute Gasteiger partial charge is 0.493 e. The summed E-state index contributed by atoms with van der Waals surface area (Å²) in [4.78, 5) is 18.3. The van der Waals surface area contributed by atoms with Crippen LogP contribution in [0.3, 0.4) is 0 Å². The standard InChI is InChI=1S/C35H37ClF2N8O2/c1-44-12-14-45(15-13-44)11-4-16-47-32-20-40-35(42-34(32)41-30-9-10-39-19-27(30)36)33-25-5-2-3-6-31(25)46(43-33)21-26-28(37)17-24(18-29(26)38)48-22-23-7-8-23/h2-3,5-6,9-10,17-20,23H,4,7-8,11-16,21-22H2,1H3,(H,39,40,41,42). The zero-order valence-electron chi connectivity index (χ0n) is 26.7. The van der Waals surface area contributed by atoms with Gasteiger partial charge in [0.05, 0.1) is 42.2 Å². The zero-order chi connectivity index (χ0) is 33.0. The summed E-state index contributed by atoms with van der Waals surface area (Å²) in [6.45, 7) is 5.96. The number of fused-ring (bicyclic) bond motifs is 1. The molecule has 0 bridgehead atoms. The second kappa shape index (κ2) is 14.4. The molecule has 1 saturated heterocycles. The fourth-order valence-electron chi connectivity index (χ4n) is 5.70. The highest BCUT2D eigenvalue weighted by atomic mass is 35.5. The molecule has 4 heterocycles. The number of benzene rings is 2. The number of ether oxygens (including phenoxy) is 2. The molecular weight excluding hydrogens is 638 g/mol. The predicted molar refractivity (Wildman–Crippen MR) is 181 cm³/mol. The van der Waals surface area contributed by atoms with Gasteiger partial charge in [0.1, 0.15) is 23.1 Å². The normalized spacial score (nSPS) is 15.6. The molecule has 0 radical (unpaired) electrons. The van der Waals surface area contributed by atoms with Gasteiger partial charge in [0.15, 0.2) is 17.4 Å². The van der Waals surface area contributed by atoms with Crippen LogP contribution >= 0.6 is 11.6 Å². The molecule has 48 heavy (non-hydrogen) atoms. The molecule has 2 fully saturated rings. The third kappa shape index (κ3) is 7.51. The number of aromatic nitrogens is 5. The van der Waals surface area contributed by atoms with E-state index in [0.29, 0.717) is 58.4 Å². The first kappa shape index (κ1) is 32.2. The summed E-state index contributed by atoms with van der Waals surface area (Å²) in [6.07, 6.45) is 7.81. The van der Waals surface area contributed by atoms with Crippen LogP contribution in [0.25, 0.3) is 22.4 Å². The van der Waals surface area contributed by atoms with E-state index in [0.717, 1.165) is 57.4 Å². The lowest BCUT2D eigenvalue weighted by Crippen LogP contribution is -2.44. The van der Waals surface area contributed by atoms with Gasteiger partial charge in [0, 0.05) is 68.2 Å². The summed E-state index contributed by atoms with van der Waals surface area (Å²) < 4.78 is 43.8. The van der Waals surface area contributed by atoms with Gasteiger partial charge in [0.25, 0.3) is 0 Å². The maximum atomic E-state index is 15.2. The first-order valence-electron chi connectivity index (χ1n) is 16.2. The number of likely N-dealkylation sites (N-methyl/N-ethyl adjacent to an activating group) is 1. The number of nitrogens with one attached hydrogen (secondary N) is 1. The molecule has 10 nitrogen and oxygen atoms in total. The van der Waals surface area contributed by atoms with Gasteiger partial charge in [-0.15, -0.1) is 0 Å². The first-order chi connectivity index (χ1) is 23.4. The van der Waals surface area contributed by atoms with Gasteiger partial charge in [-0.3, -0.25) is 9.67 Å². The number of rotatable bonds is 13. The monoisotopic (exact) mass is 674 g/mol. The van der Waals surface area contributed by atoms with Gasteiger partial charge in [-0.05, 0) is 44.4 Å². The van der Waals surface area contributed by atoms with Crippen molar-refractivity contribution in [2.75, 3.05) is 58.3 Å². The summed E-state index contributed by atoms with van der Waals surface area (Å²) in [7, 11) is 2.14. The van der Waals surface area contributed by atoms with Crippen LogP contribution in [0.5, 0.6) is 11.5 Å².